The standard InChI is InChI=1S/C16H19Br2ClS/c1-15-4-9-2-10(5-15)7-16(6-9,8-15)13(19)11-3-12(17)20-14(11)18/h3,9-10,13H,2,4-8H2,1H3. The molecule has 4 bridgehead atoms. The molecule has 20 heavy (non-hydrogen) atoms. The van der Waals surface area contributed by atoms with Gasteiger partial charge in [-0.3, -0.25) is 0 Å². The summed E-state index contributed by atoms with van der Waals surface area (Å²) in [5.41, 5.74) is 2.23. The van der Waals surface area contributed by atoms with Gasteiger partial charge in [0.25, 0.3) is 0 Å². The molecule has 0 spiro atoms. The Morgan fingerprint density at radius 1 is 1.25 bits per heavy atom. The molecular formula is C16H19Br2ClS. The third kappa shape index (κ3) is 2.18. The van der Waals surface area contributed by atoms with Crippen LogP contribution in [0.5, 0.6) is 0 Å². The zero-order valence-electron chi connectivity index (χ0n) is 11.6. The average molecular weight is 439 g/mol. The first-order chi connectivity index (χ1) is 9.39. The van der Waals surface area contributed by atoms with E-state index in [0.29, 0.717) is 10.8 Å². The molecule has 4 heteroatoms. The monoisotopic (exact) mass is 436 g/mol. The molecule has 4 saturated carbocycles. The quantitative estimate of drug-likeness (QED) is 0.430. The van der Waals surface area contributed by atoms with Crippen LogP contribution >= 0.6 is 54.8 Å². The van der Waals surface area contributed by atoms with Crippen molar-refractivity contribution >= 4 is 54.8 Å². The van der Waals surface area contributed by atoms with Crippen molar-refractivity contribution in [1.29, 1.82) is 0 Å². The fourth-order valence-corrected chi connectivity index (χ4v) is 9.48. The second kappa shape index (κ2) is 4.72. The first kappa shape index (κ1) is 14.5. The van der Waals surface area contributed by atoms with Gasteiger partial charge in [0.2, 0.25) is 0 Å². The largest absolute Gasteiger partial charge is 0.121 e. The van der Waals surface area contributed by atoms with Crippen molar-refractivity contribution in [3.05, 3.63) is 19.2 Å². The van der Waals surface area contributed by atoms with E-state index in [0.717, 1.165) is 11.8 Å². The van der Waals surface area contributed by atoms with Crippen LogP contribution in [0.3, 0.4) is 0 Å². The lowest BCUT2D eigenvalue weighted by atomic mass is 9.43. The molecule has 1 aromatic rings. The van der Waals surface area contributed by atoms with Crippen LogP contribution in [0.1, 0.15) is 56.4 Å². The maximum Gasteiger partial charge on any atom is 0.0757 e. The lowest BCUT2D eigenvalue weighted by Gasteiger charge is -2.62. The summed E-state index contributed by atoms with van der Waals surface area (Å²) < 4.78 is 2.39. The SMILES string of the molecule is CC12CC3CC(C1)CC(C(Cl)c1cc(Br)sc1Br)(C3)C2. The van der Waals surface area contributed by atoms with Gasteiger partial charge < -0.3 is 0 Å². The Hall–Kier alpha value is 0.950. The summed E-state index contributed by atoms with van der Waals surface area (Å²) in [4.78, 5) is 0. The zero-order chi connectivity index (χ0) is 14.1. The van der Waals surface area contributed by atoms with Gasteiger partial charge in [-0.1, -0.05) is 6.92 Å². The molecule has 3 atom stereocenters. The Balaban J connectivity index is 1.72. The van der Waals surface area contributed by atoms with Gasteiger partial charge in [0.1, 0.15) is 0 Å². The Labute approximate surface area is 146 Å². The van der Waals surface area contributed by atoms with Crippen molar-refractivity contribution in [3.63, 3.8) is 0 Å². The summed E-state index contributed by atoms with van der Waals surface area (Å²) >= 11 is 16.1. The summed E-state index contributed by atoms with van der Waals surface area (Å²) in [5, 5.41) is 0.171. The van der Waals surface area contributed by atoms with Crippen LogP contribution in [-0.2, 0) is 0 Å². The maximum absolute atomic E-state index is 7.06. The van der Waals surface area contributed by atoms with E-state index in [9.17, 15) is 0 Å². The van der Waals surface area contributed by atoms with E-state index in [1.54, 1.807) is 11.3 Å². The molecule has 4 aliphatic carbocycles. The predicted molar refractivity (Wildman–Crippen MR) is 93.5 cm³/mol. The van der Waals surface area contributed by atoms with Crippen molar-refractivity contribution in [2.75, 3.05) is 0 Å². The van der Waals surface area contributed by atoms with E-state index >= 15 is 0 Å². The summed E-state index contributed by atoms with van der Waals surface area (Å²) in [6.45, 7) is 2.52. The van der Waals surface area contributed by atoms with Crippen LogP contribution in [0.4, 0.5) is 0 Å². The van der Waals surface area contributed by atoms with Crippen LogP contribution in [0.2, 0.25) is 0 Å². The molecule has 5 rings (SSSR count). The molecule has 0 aromatic carbocycles. The smallest absolute Gasteiger partial charge is 0.0757 e. The molecule has 1 heterocycles. The van der Waals surface area contributed by atoms with Crippen LogP contribution in [0, 0.1) is 22.7 Å². The minimum atomic E-state index is 0.171. The highest BCUT2D eigenvalue weighted by Gasteiger charge is 2.58. The van der Waals surface area contributed by atoms with Crippen molar-refractivity contribution in [3.8, 4) is 0 Å². The second-order valence-electron chi connectivity index (χ2n) is 7.78. The number of alkyl halides is 1. The lowest BCUT2D eigenvalue weighted by molar-refractivity contribution is -0.103. The summed E-state index contributed by atoms with van der Waals surface area (Å²) in [6.07, 6.45) is 8.41. The second-order valence-corrected chi connectivity index (χ2v) is 12.0. The number of halogens is 3. The Morgan fingerprint density at radius 3 is 2.40 bits per heavy atom. The van der Waals surface area contributed by atoms with Gasteiger partial charge in [0.15, 0.2) is 0 Å². The number of rotatable bonds is 2. The van der Waals surface area contributed by atoms with Gasteiger partial charge in [-0.2, -0.15) is 0 Å². The fourth-order valence-electron chi connectivity index (χ4n) is 5.95. The number of hydrogen-bond donors (Lipinski definition) is 0. The minimum absolute atomic E-state index is 0.171. The molecule has 4 fully saturated rings. The molecule has 0 nitrogen and oxygen atoms in total. The molecule has 1 aromatic heterocycles. The third-order valence-electron chi connectivity index (χ3n) is 5.89. The van der Waals surface area contributed by atoms with Crippen LogP contribution in [0.15, 0.2) is 13.6 Å². The predicted octanol–water partition coefficient (Wildman–Crippen LogP) is 7.16. The first-order valence-electron chi connectivity index (χ1n) is 7.48. The van der Waals surface area contributed by atoms with Crippen molar-refractivity contribution in [2.24, 2.45) is 22.7 Å². The van der Waals surface area contributed by atoms with Gasteiger partial charge in [-0.05, 0) is 105 Å². The molecular weight excluding hydrogens is 420 g/mol. The van der Waals surface area contributed by atoms with Gasteiger partial charge in [0, 0.05) is 0 Å². The zero-order valence-corrected chi connectivity index (χ0v) is 16.3. The first-order valence-corrected chi connectivity index (χ1v) is 10.3. The summed E-state index contributed by atoms with van der Waals surface area (Å²) in [5.74, 6) is 1.87. The van der Waals surface area contributed by atoms with Gasteiger partial charge in [-0.25, -0.2) is 0 Å². The normalized spacial score (nSPS) is 44.0. The molecule has 0 N–H and O–H groups in total. The number of hydrogen-bond acceptors (Lipinski definition) is 1. The fraction of sp³-hybridized carbons (Fsp3) is 0.750. The van der Waals surface area contributed by atoms with E-state index in [-0.39, 0.29) is 5.38 Å². The number of thiophene rings is 1. The average Bonchev–Trinajstić information content (AvgIpc) is 2.64. The molecule has 110 valence electrons. The van der Waals surface area contributed by atoms with Crippen molar-refractivity contribution < 1.29 is 0 Å². The summed E-state index contributed by atoms with van der Waals surface area (Å²) in [7, 11) is 0. The van der Waals surface area contributed by atoms with Crippen LogP contribution in [0.25, 0.3) is 0 Å². The van der Waals surface area contributed by atoms with Crippen molar-refractivity contribution in [2.45, 2.75) is 50.8 Å². The van der Waals surface area contributed by atoms with E-state index in [2.05, 4.69) is 44.8 Å². The molecule has 4 aliphatic rings. The van der Waals surface area contributed by atoms with Crippen LogP contribution < -0.4 is 0 Å². The Morgan fingerprint density at radius 2 is 1.90 bits per heavy atom. The topological polar surface area (TPSA) is 0 Å². The highest BCUT2D eigenvalue weighted by atomic mass is 79.9. The van der Waals surface area contributed by atoms with E-state index in [1.807, 2.05) is 0 Å². The molecule has 0 amide bonds. The third-order valence-corrected chi connectivity index (χ3v) is 8.98. The van der Waals surface area contributed by atoms with Crippen molar-refractivity contribution in [1.82, 2.24) is 0 Å². The Kier molecular flexibility index (Phi) is 3.43. The minimum Gasteiger partial charge on any atom is -0.121 e. The highest BCUT2D eigenvalue weighted by Crippen LogP contribution is 2.70. The van der Waals surface area contributed by atoms with E-state index in [4.69, 9.17) is 11.6 Å². The maximum atomic E-state index is 7.06. The van der Waals surface area contributed by atoms with Gasteiger partial charge in [0.05, 0.1) is 12.9 Å². The molecule has 0 radical (unpaired) electrons. The van der Waals surface area contributed by atoms with Gasteiger partial charge in [-0.15, -0.1) is 22.9 Å². The summed E-state index contributed by atoms with van der Waals surface area (Å²) in [6, 6.07) is 2.23. The molecule has 3 unspecified atom stereocenters. The van der Waals surface area contributed by atoms with Gasteiger partial charge >= 0.3 is 0 Å². The van der Waals surface area contributed by atoms with Crippen LogP contribution in [-0.4, -0.2) is 0 Å². The molecule has 0 aliphatic heterocycles. The van der Waals surface area contributed by atoms with E-state index in [1.165, 1.54) is 51.7 Å². The highest BCUT2D eigenvalue weighted by molar-refractivity contribution is 9.12. The molecule has 0 saturated heterocycles. The Bertz CT molecular complexity index is 539. The van der Waals surface area contributed by atoms with E-state index < -0.39 is 0 Å². The lowest BCUT2D eigenvalue weighted by Crippen LogP contribution is -2.52.